The predicted octanol–water partition coefficient (Wildman–Crippen LogP) is 4.78. The molecule has 1 aromatic rings. The second-order valence-electron chi connectivity index (χ2n) is 5.20. The first-order chi connectivity index (χ1) is 8.25. The minimum absolute atomic E-state index is 0.0128. The Morgan fingerprint density at radius 2 is 1.89 bits per heavy atom. The third kappa shape index (κ3) is 3.86. The van der Waals surface area contributed by atoms with Crippen LogP contribution in [0.25, 0.3) is 0 Å². The largest absolute Gasteiger partial charge is 0.376 e. The molecule has 0 aromatic heterocycles. The zero-order valence-electron chi connectivity index (χ0n) is 11.1. The van der Waals surface area contributed by atoms with E-state index < -0.39 is 20.4 Å². The highest BCUT2D eigenvalue weighted by molar-refractivity contribution is 9.10. The van der Waals surface area contributed by atoms with Gasteiger partial charge < -0.3 is 4.74 Å². The predicted molar refractivity (Wildman–Crippen MR) is 75.2 cm³/mol. The molecule has 1 radical (unpaired) electrons. The summed E-state index contributed by atoms with van der Waals surface area (Å²) in [6.07, 6.45) is 0. The van der Waals surface area contributed by atoms with Gasteiger partial charge in [0.25, 0.3) is 0 Å². The Bertz CT molecular complexity index is 422. The van der Waals surface area contributed by atoms with Crippen molar-refractivity contribution in [2.45, 2.75) is 38.6 Å². The van der Waals surface area contributed by atoms with Crippen molar-refractivity contribution < 1.29 is 13.5 Å². The number of benzene rings is 1. The molecule has 1 rings (SSSR count). The molecule has 0 saturated carbocycles. The van der Waals surface area contributed by atoms with Gasteiger partial charge in [0, 0.05) is 6.61 Å². The standard InChI is InChI=1S/C13H18BrF2OSi/c1-13(2,18(3)4)8-17-7-9-11(15)6-5-10(14)12(9)16/h5-6H,7-8H2,1-4H3. The van der Waals surface area contributed by atoms with E-state index in [0.717, 1.165) is 0 Å². The number of hydrogen-bond acceptors (Lipinski definition) is 1. The Balaban J connectivity index is 2.68. The second kappa shape index (κ2) is 6.26. The van der Waals surface area contributed by atoms with E-state index >= 15 is 0 Å². The van der Waals surface area contributed by atoms with Crippen molar-refractivity contribution in [1.29, 1.82) is 0 Å². The van der Waals surface area contributed by atoms with Gasteiger partial charge in [-0.15, -0.1) is 0 Å². The topological polar surface area (TPSA) is 9.23 Å². The first-order valence-corrected chi connectivity index (χ1v) is 9.06. The van der Waals surface area contributed by atoms with E-state index in [0.29, 0.717) is 6.61 Å². The van der Waals surface area contributed by atoms with Crippen LogP contribution in [-0.2, 0) is 11.3 Å². The van der Waals surface area contributed by atoms with Crippen LogP contribution >= 0.6 is 15.9 Å². The molecule has 1 nitrogen and oxygen atoms in total. The average molecular weight is 336 g/mol. The van der Waals surface area contributed by atoms with E-state index in [1.807, 2.05) is 0 Å². The van der Waals surface area contributed by atoms with Gasteiger partial charge in [-0.3, -0.25) is 0 Å². The molecule has 5 heteroatoms. The molecule has 0 atom stereocenters. The summed E-state index contributed by atoms with van der Waals surface area (Å²) in [7, 11) is -0.514. The fraction of sp³-hybridized carbons (Fsp3) is 0.538. The number of rotatable bonds is 5. The average Bonchev–Trinajstić information content (AvgIpc) is 2.28. The SMILES string of the molecule is C[Si](C)C(C)(C)COCc1c(F)ccc(Br)c1F. The van der Waals surface area contributed by atoms with Crippen molar-refractivity contribution in [2.75, 3.05) is 6.61 Å². The summed E-state index contributed by atoms with van der Waals surface area (Å²) in [5.41, 5.74) is -0.0128. The Kier molecular flexibility index (Phi) is 5.49. The molecule has 0 aliphatic heterocycles. The number of halogens is 3. The summed E-state index contributed by atoms with van der Waals surface area (Å²) < 4.78 is 32.9. The van der Waals surface area contributed by atoms with Crippen LogP contribution in [0.15, 0.2) is 16.6 Å². The Morgan fingerprint density at radius 1 is 1.28 bits per heavy atom. The molecule has 0 spiro atoms. The van der Waals surface area contributed by atoms with Gasteiger partial charge in [-0.2, -0.15) is 0 Å². The molecule has 0 aliphatic carbocycles. The van der Waals surface area contributed by atoms with Gasteiger partial charge in [0.15, 0.2) is 0 Å². The third-order valence-electron chi connectivity index (χ3n) is 3.20. The van der Waals surface area contributed by atoms with Crippen LogP contribution in [0.3, 0.4) is 0 Å². The summed E-state index contributed by atoms with van der Waals surface area (Å²) in [6.45, 7) is 9.13. The van der Waals surface area contributed by atoms with Crippen LogP contribution in [-0.4, -0.2) is 15.4 Å². The van der Waals surface area contributed by atoms with Crippen LogP contribution in [0.2, 0.25) is 18.1 Å². The highest BCUT2D eigenvalue weighted by Crippen LogP contribution is 2.29. The van der Waals surface area contributed by atoms with Gasteiger partial charge in [0.1, 0.15) is 11.6 Å². The maximum Gasteiger partial charge on any atom is 0.145 e. The second-order valence-corrected chi connectivity index (χ2v) is 9.41. The molecule has 0 N–H and O–H groups in total. The molecule has 0 bridgehead atoms. The van der Waals surface area contributed by atoms with Gasteiger partial charge >= 0.3 is 0 Å². The van der Waals surface area contributed by atoms with Crippen molar-refractivity contribution in [3.8, 4) is 0 Å². The zero-order chi connectivity index (χ0) is 13.9. The molecule has 0 unspecified atom stereocenters. The minimum Gasteiger partial charge on any atom is -0.376 e. The molecule has 0 aliphatic rings. The summed E-state index contributed by atoms with van der Waals surface area (Å²) in [5, 5.41) is 0.0869. The maximum absolute atomic E-state index is 13.7. The quantitative estimate of drug-likeness (QED) is 0.555. The molecule has 1 aromatic carbocycles. The van der Waals surface area contributed by atoms with Gasteiger partial charge in [0.2, 0.25) is 0 Å². The fourth-order valence-electron chi connectivity index (χ4n) is 1.25. The Morgan fingerprint density at radius 3 is 2.44 bits per heavy atom. The molecule has 101 valence electrons. The summed E-state index contributed by atoms with van der Waals surface area (Å²) >= 11 is 3.04. The normalized spacial score (nSPS) is 12.2. The Hall–Kier alpha value is -0.263. The monoisotopic (exact) mass is 335 g/mol. The smallest absolute Gasteiger partial charge is 0.145 e. The summed E-state index contributed by atoms with van der Waals surface area (Å²) in [5.74, 6) is -1.14. The lowest BCUT2D eigenvalue weighted by Crippen LogP contribution is -2.26. The molecular weight excluding hydrogens is 318 g/mol. The van der Waals surface area contributed by atoms with Gasteiger partial charge in [-0.1, -0.05) is 26.9 Å². The van der Waals surface area contributed by atoms with Gasteiger partial charge in [-0.25, -0.2) is 8.78 Å². The van der Waals surface area contributed by atoms with E-state index in [-0.39, 0.29) is 21.7 Å². The van der Waals surface area contributed by atoms with Gasteiger partial charge in [0.05, 0.1) is 25.4 Å². The van der Waals surface area contributed by atoms with Crippen molar-refractivity contribution in [2.24, 2.45) is 0 Å². The van der Waals surface area contributed by atoms with E-state index in [9.17, 15) is 8.78 Å². The summed E-state index contributed by atoms with van der Waals surface area (Å²) in [4.78, 5) is 0. The van der Waals surface area contributed by atoms with Crippen LogP contribution in [0.5, 0.6) is 0 Å². The van der Waals surface area contributed by atoms with E-state index in [4.69, 9.17) is 4.74 Å². The molecule has 18 heavy (non-hydrogen) atoms. The van der Waals surface area contributed by atoms with Crippen molar-refractivity contribution in [3.63, 3.8) is 0 Å². The van der Waals surface area contributed by atoms with Crippen molar-refractivity contribution in [3.05, 3.63) is 33.8 Å². The first-order valence-electron chi connectivity index (χ1n) is 5.76. The van der Waals surface area contributed by atoms with Crippen LogP contribution in [0.1, 0.15) is 19.4 Å². The Labute approximate surface area is 117 Å². The lowest BCUT2D eigenvalue weighted by atomic mass is 10.2. The van der Waals surface area contributed by atoms with E-state index in [2.05, 4.69) is 42.9 Å². The first kappa shape index (κ1) is 15.8. The van der Waals surface area contributed by atoms with Crippen LogP contribution < -0.4 is 0 Å². The van der Waals surface area contributed by atoms with Crippen molar-refractivity contribution in [1.82, 2.24) is 0 Å². The minimum atomic E-state index is -0.577. The van der Waals surface area contributed by atoms with E-state index in [1.165, 1.54) is 12.1 Å². The summed E-state index contributed by atoms with van der Waals surface area (Å²) in [6, 6.07) is 2.60. The van der Waals surface area contributed by atoms with Crippen molar-refractivity contribution >= 4 is 24.7 Å². The maximum atomic E-state index is 13.7. The third-order valence-corrected chi connectivity index (χ3v) is 6.67. The number of ether oxygens (including phenoxy) is 1. The van der Waals surface area contributed by atoms with Crippen LogP contribution in [0.4, 0.5) is 8.78 Å². The number of hydrogen-bond donors (Lipinski definition) is 0. The van der Waals surface area contributed by atoms with Gasteiger partial charge in [-0.05, 0) is 33.1 Å². The lowest BCUT2D eigenvalue weighted by molar-refractivity contribution is 0.0962. The molecule has 0 saturated heterocycles. The van der Waals surface area contributed by atoms with E-state index in [1.54, 1.807) is 0 Å². The fourth-order valence-corrected chi connectivity index (χ4v) is 2.02. The lowest BCUT2D eigenvalue weighted by Gasteiger charge is -2.27. The highest BCUT2D eigenvalue weighted by atomic mass is 79.9. The molecule has 0 amide bonds. The molecular formula is C13H18BrF2OSi. The highest BCUT2D eigenvalue weighted by Gasteiger charge is 2.24. The van der Waals surface area contributed by atoms with Crippen LogP contribution in [0, 0.1) is 11.6 Å². The molecule has 0 fully saturated rings. The zero-order valence-corrected chi connectivity index (χ0v) is 13.7. The molecule has 0 heterocycles.